The highest BCUT2D eigenvalue weighted by molar-refractivity contribution is 5.78. The van der Waals surface area contributed by atoms with Gasteiger partial charge in [0.25, 0.3) is 0 Å². The third-order valence-electron chi connectivity index (χ3n) is 3.07. The molecule has 0 saturated carbocycles. The van der Waals surface area contributed by atoms with Crippen LogP contribution < -0.4 is 10.6 Å². The minimum absolute atomic E-state index is 0.0525. The van der Waals surface area contributed by atoms with Crippen LogP contribution in [-0.2, 0) is 9.59 Å². The number of aliphatic carboxylic acids is 1. The summed E-state index contributed by atoms with van der Waals surface area (Å²) in [6.45, 7) is 3.46. The average molecular weight is 271 g/mol. The molecule has 0 aromatic heterocycles. The lowest BCUT2D eigenvalue weighted by molar-refractivity contribution is -0.140. The van der Waals surface area contributed by atoms with E-state index in [0.29, 0.717) is 0 Å². The number of carboxylic acid groups (broad SMARTS) is 1. The summed E-state index contributed by atoms with van der Waals surface area (Å²) in [4.78, 5) is 35.3. The highest BCUT2D eigenvalue weighted by Crippen LogP contribution is 2.08. The molecule has 1 rings (SSSR count). The number of carboxylic acids is 1. The third kappa shape index (κ3) is 5.58. The Morgan fingerprint density at radius 2 is 1.84 bits per heavy atom. The number of rotatable bonds is 6. The fourth-order valence-electron chi connectivity index (χ4n) is 1.80. The number of carbonyl (C=O) groups excluding carboxylic acids is 2. The van der Waals surface area contributed by atoms with Crippen molar-refractivity contribution in [1.29, 1.82) is 0 Å². The number of likely N-dealkylation sites (tertiary alicyclic amines) is 1. The lowest BCUT2D eigenvalue weighted by Gasteiger charge is -2.15. The second-order valence-electron chi connectivity index (χ2n) is 4.71. The van der Waals surface area contributed by atoms with E-state index < -0.39 is 17.9 Å². The van der Waals surface area contributed by atoms with Crippen LogP contribution in [0.1, 0.15) is 26.2 Å². The first-order valence-corrected chi connectivity index (χ1v) is 6.53. The van der Waals surface area contributed by atoms with Crippen LogP contribution in [0.3, 0.4) is 0 Å². The number of amides is 3. The first kappa shape index (κ1) is 15.3. The van der Waals surface area contributed by atoms with Crippen molar-refractivity contribution in [3.63, 3.8) is 0 Å². The van der Waals surface area contributed by atoms with Gasteiger partial charge in [-0.2, -0.15) is 0 Å². The second-order valence-corrected chi connectivity index (χ2v) is 4.71. The van der Waals surface area contributed by atoms with E-state index in [4.69, 9.17) is 5.11 Å². The first-order valence-electron chi connectivity index (χ1n) is 6.53. The van der Waals surface area contributed by atoms with Gasteiger partial charge in [-0.25, -0.2) is 4.79 Å². The Bertz CT molecular complexity index is 340. The maximum absolute atomic E-state index is 11.7. The van der Waals surface area contributed by atoms with Crippen LogP contribution in [0.4, 0.5) is 4.79 Å². The number of nitrogens with one attached hydrogen (secondary N) is 2. The molecular weight excluding hydrogens is 250 g/mol. The predicted octanol–water partition coefficient (Wildman–Crippen LogP) is 0.0188. The van der Waals surface area contributed by atoms with Crippen molar-refractivity contribution in [2.24, 2.45) is 5.92 Å². The van der Waals surface area contributed by atoms with Gasteiger partial charge >= 0.3 is 12.0 Å². The molecular formula is C12H21N3O4. The van der Waals surface area contributed by atoms with E-state index in [1.807, 2.05) is 0 Å². The van der Waals surface area contributed by atoms with Gasteiger partial charge < -0.3 is 20.6 Å². The molecule has 0 aromatic rings. The van der Waals surface area contributed by atoms with Crippen LogP contribution in [0, 0.1) is 5.92 Å². The number of hydrogen-bond donors (Lipinski definition) is 3. The van der Waals surface area contributed by atoms with Gasteiger partial charge in [-0.3, -0.25) is 9.59 Å². The van der Waals surface area contributed by atoms with Crippen molar-refractivity contribution in [3.8, 4) is 0 Å². The summed E-state index contributed by atoms with van der Waals surface area (Å²) in [6, 6.07) is -0.442. The Kier molecular flexibility index (Phi) is 6.11. The number of hydrogen-bond acceptors (Lipinski definition) is 3. The van der Waals surface area contributed by atoms with Gasteiger partial charge in [-0.15, -0.1) is 0 Å². The fraction of sp³-hybridized carbons (Fsp3) is 0.750. The zero-order valence-corrected chi connectivity index (χ0v) is 11.1. The molecule has 1 aliphatic rings. The molecule has 0 spiro atoms. The summed E-state index contributed by atoms with van der Waals surface area (Å²) in [7, 11) is 0. The standard InChI is InChI=1S/C12H21N3O4/c1-9(11(17)18)8-14-12(19)13-5-4-10(16)15-6-2-3-7-15/h9H,2-8H2,1H3,(H,17,18)(H2,13,14,19). The summed E-state index contributed by atoms with van der Waals surface area (Å²) in [5.74, 6) is -1.53. The normalized spacial score (nSPS) is 15.9. The van der Waals surface area contributed by atoms with Gasteiger partial charge in [-0.05, 0) is 12.8 Å². The van der Waals surface area contributed by atoms with Gasteiger partial charge in [0.1, 0.15) is 0 Å². The van der Waals surface area contributed by atoms with E-state index in [9.17, 15) is 14.4 Å². The Labute approximate surface area is 112 Å². The topological polar surface area (TPSA) is 98.7 Å². The van der Waals surface area contributed by atoms with Crippen molar-refractivity contribution in [3.05, 3.63) is 0 Å². The van der Waals surface area contributed by atoms with E-state index in [2.05, 4.69) is 10.6 Å². The van der Waals surface area contributed by atoms with Crippen molar-refractivity contribution >= 4 is 17.9 Å². The third-order valence-corrected chi connectivity index (χ3v) is 3.07. The zero-order valence-electron chi connectivity index (χ0n) is 11.1. The van der Waals surface area contributed by atoms with Gasteiger partial charge in [-0.1, -0.05) is 6.92 Å². The first-order chi connectivity index (χ1) is 9.00. The Balaban J connectivity index is 2.09. The molecule has 1 atom stereocenters. The van der Waals surface area contributed by atoms with Crippen LogP contribution in [0.5, 0.6) is 0 Å². The lowest BCUT2D eigenvalue weighted by Crippen LogP contribution is -2.40. The van der Waals surface area contributed by atoms with E-state index >= 15 is 0 Å². The smallest absolute Gasteiger partial charge is 0.314 e. The molecule has 1 fully saturated rings. The van der Waals surface area contributed by atoms with Crippen LogP contribution in [0.2, 0.25) is 0 Å². The van der Waals surface area contributed by atoms with Crippen molar-refractivity contribution in [1.82, 2.24) is 15.5 Å². The highest BCUT2D eigenvalue weighted by atomic mass is 16.4. The summed E-state index contributed by atoms with van der Waals surface area (Å²) in [6.07, 6.45) is 2.38. The van der Waals surface area contributed by atoms with Crippen LogP contribution >= 0.6 is 0 Å². The quantitative estimate of drug-likeness (QED) is 0.634. The summed E-state index contributed by atoms with van der Waals surface area (Å²) >= 11 is 0. The molecule has 7 nitrogen and oxygen atoms in total. The molecule has 1 saturated heterocycles. The molecule has 1 heterocycles. The highest BCUT2D eigenvalue weighted by Gasteiger charge is 2.17. The molecule has 7 heteroatoms. The molecule has 108 valence electrons. The average Bonchev–Trinajstić information content (AvgIpc) is 2.89. The maximum Gasteiger partial charge on any atom is 0.314 e. The van der Waals surface area contributed by atoms with Crippen LogP contribution in [0.15, 0.2) is 0 Å². The van der Waals surface area contributed by atoms with Crippen molar-refractivity contribution in [2.75, 3.05) is 26.2 Å². The number of carbonyl (C=O) groups is 3. The molecule has 0 bridgehead atoms. The molecule has 3 amide bonds. The summed E-state index contributed by atoms with van der Waals surface area (Å²) in [5.41, 5.74) is 0. The van der Waals surface area contributed by atoms with E-state index in [0.717, 1.165) is 25.9 Å². The molecule has 1 aliphatic heterocycles. The Hall–Kier alpha value is -1.79. The van der Waals surface area contributed by atoms with Gasteiger partial charge in [0, 0.05) is 32.6 Å². The Morgan fingerprint density at radius 3 is 2.42 bits per heavy atom. The summed E-state index contributed by atoms with van der Waals surface area (Å²) < 4.78 is 0. The molecule has 1 unspecified atom stereocenters. The fourth-order valence-corrected chi connectivity index (χ4v) is 1.80. The monoisotopic (exact) mass is 271 g/mol. The SMILES string of the molecule is CC(CNC(=O)NCCC(=O)N1CCCC1)C(=O)O. The predicted molar refractivity (Wildman–Crippen MR) is 68.6 cm³/mol. The van der Waals surface area contributed by atoms with E-state index in [-0.39, 0.29) is 25.4 Å². The molecule has 0 aromatic carbocycles. The van der Waals surface area contributed by atoms with Crippen molar-refractivity contribution in [2.45, 2.75) is 26.2 Å². The lowest BCUT2D eigenvalue weighted by atomic mass is 10.2. The largest absolute Gasteiger partial charge is 0.481 e. The van der Waals surface area contributed by atoms with Crippen LogP contribution in [-0.4, -0.2) is 54.1 Å². The van der Waals surface area contributed by atoms with Crippen LogP contribution in [0.25, 0.3) is 0 Å². The Morgan fingerprint density at radius 1 is 1.21 bits per heavy atom. The molecule has 0 radical (unpaired) electrons. The van der Waals surface area contributed by atoms with E-state index in [1.165, 1.54) is 6.92 Å². The maximum atomic E-state index is 11.7. The minimum Gasteiger partial charge on any atom is -0.481 e. The number of nitrogens with zero attached hydrogens (tertiary/aromatic N) is 1. The number of urea groups is 1. The van der Waals surface area contributed by atoms with Gasteiger partial charge in [0.2, 0.25) is 5.91 Å². The molecule has 19 heavy (non-hydrogen) atoms. The molecule has 3 N–H and O–H groups in total. The zero-order chi connectivity index (χ0) is 14.3. The second kappa shape index (κ2) is 7.60. The molecule has 0 aliphatic carbocycles. The van der Waals surface area contributed by atoms with Crippen molar-refractivity contribution < 1.29 is 19.5 Å². The van der Waals surface area contributed by atoms with Gasteiger partial charge in [0.15, 0.2) is 0 Å². The van der Waals surface area contributed by atoms with Gasteiger partial charge in [0.05, 0.1) is 5.92 Å². The minimum atomic E-state index is -0.954. The van der Waals surface area contributed by atoms with E-state index in [1.54, 1.807) is 4.90 Å². The summed E-state index contributed by atoms with van der Waals surface area (Å²) in [5, 5.41) is 13.6.